The molecule has 0 bridgehead atoms. The van der Waals surface area contributed by atoms with E-state index < -0.39 is 0 Å². The zero-order valence-corrected chi connectivity index (χ0v) is 12.9. The second-order valence-electron chi connectivity index (χ2n) is 4.12. The third kappa shape index (κ3) is 7.06. The highest BCUT2D eigenvalue weighted by Crippen LogP contribution is 2.19. The molecule has 92 valence electrons. The van der Waals surface area contributed by atoms with E-state index in [9.17, 15) is 0 Å². The van der Waals surface area contributed by atoms with Crippen LogP contribution in [0.3, 0.4) is 0 Å². The molecule has 0 aliphatic heterocycles. The molecule has 0 aliphatic rings. The molecule has 3 nitrogen and oxygen atoms in total. The Labute approximate surface area is 97.3 Å². The molecule has 0 heterocycles. The van der Waals surface area contributed by atoms with Crippen molar-refractivity contribution in [1.82, 2.24) is 5.32 Å². The van der Waals surface area contributed by atoms with Crippen molar-refractivity contribution >= 4 is 10.2 Å². The standard InChI is InChI=1S/C11H27NO2Si/c1-5-12-9-10(4)8-11(15,13-6-2)14-7-3/h10,12H,5-9H2,1-4,15H3. The summed E-state index contributed by atoms with van der Waals surface area (Å²) in [6.45, 7) is 12.0. The number of rotatable bonds is 9. The lowest BCUT2D eigenvalue weighted by Gasteiger charge is -2.32. The summed E-state index contributed by atoms with van der Waals surface area (Å²) in [6.07, 6.45) is 0.994. The van der Waals surface area contributed by atoms with Crippen molar-refractivity contribution in [3.63, 3.8) is 0 Å². The van der Waals surface area contributed by atoms with Crippen molar-refractivity contribution in [2.45, 2.75) is 39.5 Å². The van der Waals surface area contributed by atoms with E-state index in [4.69, 9.17) is 9.47 Å². The third-order valence-corrected chi connectivity index (χ3v) is 3.35. The molecule has 15 heavy (non-hydrogen) atoms. The monoisotopic (exact) mass is 233 g/mol. The smallest absolute Gasteiger partial charge is 0.141 e. The second kappa shape index (κ2) is 8.27. The fraction of sp³-hybridized carbons (Fsp3) is 1.00. The zero-order chi connectivity index (χ0) is 11.7. The van der Waals surface area contributed by atoms with Crippen LogP contribution in [0.2, 0.25) is 0 Å². The Balaban J connectivity index is 4.02. The molecular weight excluding hydrogens is 206 g/mol. The summed E-state index contributed by atoms with van der Waals surface area (Å²) in [5, 5.41) is 3.36. The lowest BCUT2D eigenvalue weighted by Crippen LogP contribution is -2.40. The first-order valence-corrected chi connectivity index (χ1v) is 7.06. The summed E-state index contributed by atoms with van der Waals surface area (Å²) in [4.78, 5) is 0. The van der Waals surface area contributed by atoms with E-state index in [0.717, 1.165) is 43.0 Å². The molecule has 0 spiro atoms. The van der Waals surface area contributed by atoms with Gasteiger partial charge < -0.3 is 14.8 Å². The van der Waals surface area contributed by atoms with Crippen LogP contribution in [0.4, 0.5) is 0 Å². The van der Waals surface area contributed by atoms with Gasteiger partial charge in [0.05, 0.1) is 10.2 Å². The minimum Gasteiger partial charge on any atom is -0.355 e. The number of nitrogens with one attached hydrogen (secondary N) is 1. The van der Waals surface area contributed by atoms with Crippen molar-refractivity contribution < 1.29 is 9.47 Å². The van der Waals surface area contributed by atoms with Gasteiger partial charge in [0.25, 0.3) is 0 Å². The highest BCUT2D eigenvalue weighted by atomic mass is 28.1. The molecule has 0 aromatic heterocycles. The first-order chi connectivity index (χ1) is 7.08. The number of hydrogen-bond acceptors (Lipinski definition) is 3. The minimum absolute atomic E-state index is 0.279. The van der Waals surface area contributed by atoms with Crippen LogP contribution in [0.25, 0.3) is 0 Å². The Bertz CT molecular complexity index is 150. The molecular formula is C11H27NO2Si. The van der Waals surface area contributed by atoms with Gasteiger partial charge in [-0.3, -0.25) is 0 Å². The molecule has 1 N–H and O–H groups in total. The van der Waals surface area contributed by atoms with Gasteiger partial charge >= 0.3 is 0 Å². The van der Waals surface area contributed by atoms with Crippen LogP contribution in [0.5, 0.6) is 0 Å². The fourth-order valence-electron chi connectivity index (χ4n) is 1.87. The second-order valence-corrected chi connectivity index (χ2v) is 5.64. The van der Waals surface area contributed by atoms with Gasteiger partial charge in [-0.15, -0.1) is 0 Å². The van der Waals surface area contributed by atoms with Crippen LogP contribution >= 0.6 is 0 Å². The molecule has 0 aromatic carbocycles. The van der Waals surface area contributed by atoms with Gasteiger partial charge in [0, 0.05) is 19.6 Å². The lowest BCUT2D eigenvalue weighted by atomic mass is 10.1. The molecule has 0 aromatic rings. The van der Waals surface area contributed by atoms with Gasteiger partial charge in [-0.05, 0) is 32.9 Å². The molecule has 0 saturated heterocycles. The molecule has 1 atom stereocenters. The maximum Gasteiger partial charge on any atom is 0.141 e. The van der Waals surface area contributed by atoms with E-state index in [2.05, 4.69) is 19.2 Å². The average molecular weight is 233 g/mol. The van der Waals surface area contributed by atoms with E-state index in [0.29, 0.717) is 5.92 Å². The summed E-state index contributed by atoms with van der Waals surface area (Å²) in [5.74, 6) is 0.598. The van der Waals surface area contributed by atoms with Gasteiger partial charge in [0.15, 0.2) is 0 Å². The van der Waals surface area contributed by atoms with Crippen LogP contribution in [-0.2, 0) is 9.47 Å². The Morgan fingerprint density at radius 1 is 1.20 bits per heavy atom. The van der Waals surface area contributed by atoms with Gasteiger partial charge in [-0.2, -0.15) is 0 Å². The lowest BCUT2D eigenvalue weighted by molar-refractivity contribution is -0.182. The summed E-state index contributed by atoms with van der Waals surface area (Å²) in [5.41, 5.74) is -0.279. The van der Waals surface area contributed by atoms with Crippen LogP contribution in [0.1, 0.15) is 34.1 Å². The Morgan fingerprint density at radius 3 is 2.13 bits per heavy atom. The van der Waals surface area contributed by atoms with Gasteiger partial charge in [-0.25, -0.2) is 0 Å². The Morgan fingerprint density at radius 2 is 1.73 bits per heavy atom. The Kier molecular flexibility index (Phi) is 8.33. The predicted molar refractivity (Wildman–Crippen MR) is 68.2 cm³/mol. The maximum absolute atomic E-state index is 5.73. The number of hydrogen-bond donors (Lipinski definition) is 1. The third-order valence-electron chi connectivity index (χ3n) is 2.36. The first kappa shape index (κ1) is 15.1. The van der Waals surface area contributed by atoms with E-state index >= 15 is 0 Å². The van der Waals surface area contributed by atoms with Crippen LogP contribution in [0.15, 0.2) is 0 Å². The van der Waals surface area contributed by atoms with Crippen molar-refractivity contribution in [2.75, 3.05) is 26.3 Å². The van der Waals surface area contributed by atoms with E-state index in [1.54, 1.807) is 0 Å². The molecule has 0 radical (unpaired) electrons. The first-order valence-electron chi connectivity index (χ1n) is 6.06. The van der Waals surface area contributed by atoms with Gasteiger partial charge in [-0.1, -0.05) is 13.8 Å². The topological polar surface area (TPSA) is 30.5 Å². The van der Waals surface area contributed by atoms with Gasteiger partial charge in [0.2, 0.25) is 0 Å². The zero-order valence-electron chi connectivity index (χ0n) is 10.9. The highest BCUT2D eigenvalue weighted by molar-refractivity contribution is 6.13. The van der Waals surface area contributed by atoms with Gasteiger partial charge in [0.1, 0.15) is 5.41 Å². The minimum atomic E-state index is -0.279. The maximum atomic E-state index is 5.73. The summed E-state index contributed by atoms with van der Waals surface area (Å²) in [7, 11) is 0.922. The predicted octanol–water partition coefficient (Wildman–Crippen LogP) is 0.714. The van der Waals surface area contributed by atoms with E-state index in [1.165, 1.54) is 0 Å². The molecule has 0 rings (SSSR count). The Hall–Kier alpha value is 0.0969. The van der Waals surface area contributed by atoms with E-state index in [1.807, 2.05) is 13.8 Å². The molecule has 0 aliphatic carbocycles. The molecule has 0 fully saturated rings. The van der Waals surface area contributed by atoms with E-state index in [-0.39, 0.29) is 5.41 Å². The fourth-order valence-corrected chi connectivity index (χ4v) is 3.14. The number of ether oxygens (including phenoxy) is 2. The SMILES string of the molecule is CCNCC(C)CC([SiH3])(OCC)OCC. The molecule has 4 heteroatoms. The molecule has 0 amide bonds. The highest BCUT2D eigenvalue weighted by Gasteiger charge is 2.26. The largest absolute Gasteiger partial charge is 0.355 e. The molecule has 1 unspecified atom stereocenters. The average Bonchev–Trinajstić information content (AvgIpc) is 2.15. The van der Waals surface area contributed by atoms with Crippen molar-refractivity contribution in [3.05, 3.63) is 0 Å². The van der Waals surface area contributed by atoms with Crippen LogP contribution in [-0.4, -0.2) is 42.0 Å². The molecule has 0 saturated carbocycles. The summed E-state index contributed by atoms with van der Waals surface area (Å²) < 4.78 is 11.5. The summed E-state index contributed by atoms with van der Waals surface area (Å²) >= 11 is 0. The van der Waals surface area contributed by atoms with Crippen molar-refractivity contribution in [3.8, 4) is 0 Å². The summed E-state index contributed by atoms with van der Waals surface area (Å²) in [6, 6.07) is 0. The quantitative estimate of drug-likeness (QED) is 0.470. The van der Waals surface area contributed by atoms with Crippen LogP contribution in [0, 0.1) is 5.92 Å². The van der Waals surface area contributed by atoms with Crippen molar-refractivity contribution in [1.29, 1.82) is 0 Å². The van der Waals surface area contributed by atoms with Crippen LogP contribution < -0.4 is 5.32 Å². The normalized spacial score (nSPS) is 14.4. The van der Waals surface area contributed by atoms with Crippen molar-refractivity contribution in [2.24, 2.45) is 5.92 Å².